The summed E-state index contributed by atoms with van der Waals surface area (Å²) in [5.74, 6) is 1.28. The van der Waals surface area contributed by atoms with E-state index in [1.807, 2.05) is 44.2 Å². The second-order valence-electron chi connectivity index (χ2n) is 6.46. The molecule has 0 spiro atoms. The van der Waals surface area contributed by atoms with Gasteiger partial charge in [-0.25, -0.2) is 9.78 Å². The number of nitrogens with zero attached hydrogens (tertiary/aromatic N) is 3. The van der Waals surface area contributed by atoms with E-state index in [1.165, 1.54) is 6.39 Å². The third-order valence-corrected chi connectivity index (χ3v) is 4.54. The molecule has 0 atom stereocenters. The highest BCUT2D eigenvalue weighted by atomic mass is 16.7. The molecule has 0 bridgehead atoms. The minimum atomic E-state index is -0.304. The number of hydrogen-bond donors (Lipinski definition) is 0. The van der Waals surface area contributed by atoms with Crippen LogP contribution in [0, 0.1) is 0 Å². The highest BCUT2D eigenvalue weighted by Gasteiger charge is 2.21. The van der Waals surface area contributed by atoms with Gasteiger partial charge in [-0.1, -0.05) is 0 Å². The number of fused-ring (bicyclic) bond motifs is 3. The minimum absolute atomic E-state index is 0.0371. The van der Waals surface area contributed by atoms with E-state index in [2.05, 4.69) is 9.97 Å². The first kappa shape index (κ1) is 14.9. The summed E-state index contributed by atoms with van der Waals surface area (Å²) in [6.45, 7) is 4.08. The third-order valence-electron chi connectivity index (χ3n) is 4.54. The Morgan fingerprint density at radius 1 is 1.12 bits per heavy atom. The van der Waals surface area contributed by atoms with Crippen LogP contribution in [0.4, 0.5) is 0 Å². The van der Waals surface area contributed by atoms with Crippen LogP contribution in [0.25, 0.3) is 33.3 Å². The molecule has 7 nitrogen and oxygen atoms in total. The maximum Gasteiger partial charge on any atom is 0.348 e. The van der Waals surface area contributed by atoms with Crippen LogP contribution in [0.3, 0.4) is 0 Å². The number of aromatic nitrogens is 3. The van der Waals surface area contributed by atoms with Gasteiger partial charge in [0.1, 0.15) is 5.52 Å². The van der Waals surface area contributed by atoms with Crippen LogP contribution < -0.4 is 15.2 Å². The zero-order chi connectivity index (χ0) is 17.8. The van der Waals surface area contributed by atoms with Crippen molar-refractivity contribution in [3.63, 3.8) is 0 Å². The van der Waals surface area contributed by atoms with Gasteiger partial charge in [-0.2, -0.15) is 4.98 Å². The first-order valence-corrected chi connectivity index (χ1v) is 8.31. The Kier molecular flexibility index (Phi) is 3.06. The zero-order valence-corrected chi connectivity index (χ0v) is 14.2. The monoisotopic (exact) mass is 349 g/mol. The fourth-order valence-electron chi connectivity index (χ4n) is 3.36. The second kappa shape index (κ2) is 5.32. The standard InChI is InChI=1S/C19H15N3O4/c1-10(2)22-14-7-17-16(25-9-26-17)6-12(14)18(21-19(22)23)11-3-4-15-13(5-11)20-8-24-15/h3-8,10H,9H2,1-2H3. The molecule has 1 aliphatic heterocycles. The van der Waals surface area contributed by atoms with Gasteiger partial charge in [0, 0.05) is 23.1 Å². The van der Waals surface area contributed by atoms with Crippen LogP contribution in [0.15, 0.2) is 45.9 Å². The van der Waals surface area contributed by atoms with Gasteiger partial charge in [0.15, 0.2) is 23.5 Å². The molecule has 2 aromatic heterocycles. The molecule has 0 radical (unpaired) electrons. The molecule has 2 aromatic carbocycles. The average Bonchev–Trinajstić information content (AvgIpc) is 3.26. The van der Waals surface area contributed by atoms with Gasteiger partial charge in [-0.15, -0.1) is 0 Å². The van der Waals surface area contributed by atoms with E-state index in [0.29, 0.717) is 28.3 Å². The smallest absolute Gasteiger partial charge is 0.348 e. The molecule has 0 saturated heterocycles. The number of benzene rings is 2. The van der Waals surface area contributed by atoms with Crippen molar-refractivity contribution in [1.29, 1.82) is 0 Å². The molecule has 1 aliphatic rings. The molecule has 0 fully saturated rings. The Morgan fingerprint density at radius 2 is 1.92 bits per heavy atom. The Balaban J connectivity index is 1.87. The summed E-state index contributed by atoms with van der Waals surface area (Å²) in [5, 5.41) is 0.824. The van der Waals surface area contributed by atoms with Gasteiger partial charge in [0.05, 0.1) is 11.2 Å². The van der Waals surface area contributed by atoms with Crippen molar-refractivity contribution >= 4 is 22.0 Å². The van der Waals surface area contributed by atoms with E-state index in [1.54, 1.807) is 4.57 Å². The van der Waals surface area contributed by atoms with Gasteiger partial charge >= 0.3 is 5.69 Å². The molecule has 7 heteroatoms. The molecule has 0 saturated carbocycles. The van der Waals surface area contributed by atoms with E-state index in [0.717, 1.165) is 16.5 Å². The van der Waals surface area contributed by atoms with Crippen molar-refractivity contribution in [2.24, 2.45) is 0 Å². The van der Waals surface area contributed by atoms with Crippen molar-refractivity contribution in [2.45, 2.75) is 19.9 Å². The lowest BCUT2D eigenvalue weighted by Crippen LogP contribution is -2.25. The zero-order valence-electron chi connectivity index (χ0n) is 14.2. The third kappa shape index (κ3) is 2.10. The summed E-state index contributed by atoms with van der Waals surface area (Å²) in [5.41, 5.74) is 3.24. The van der Waals surface area contributed by atoms with E-state index >= 15 is 0 Å². The Hall–Kier alpha value is -3.35. The average molecular weight is 349 g/mol. The second-order valence-corrected chi connectivity index (χ2v) is 6.46. The number of hydrogen-bond acceptors (Lipinski definition) is 6. The predicted octanol–water partition coefficient (Wildman–Crippen LogP) is 3.51. The van der Waals surface area contributed by atoms with Crippen LogP contribution >= 0.6 is 0 Å². The van der Waals surface area contributed by atoms with Crippen LogP contribution in [0.2, 0.25) is 0 Å². The quantitative estimate of drug-likeness (QED) is 0.551. The number of rotatable bonds is 2. The lowest BCUT2D eigenvalue weighted by Gasteiger charge is -2.16. The fraction of sp³-hybridized carbons (Fsp3) is 0.211. The summed E-state index contributed by atoms with van der Waals surface area (Å²) in [6, 6.07) is 9.25. The van der Waals surface area contributed by atoms with Crippen molar-refractivity contribution in [2.75, 3.05) is 6.79 Å². The first-order chi connectivity index (χ1) is 12.6. The van der Waals surface area contributed by atoms with Crippen molar-refractivity contribution in [3.8, 4) is 22.8 Å². The summed E-state index contributed by atoms with van der Waals surface area (Å²) >= 11 is 0. The van der Waals surface area contributed by atoms with Gasteiger partial charge in [-0.3, -0.25) is 4.57 Å². The molecule has 0 amide bonds. The lowest BCUT2D eigenvalue weighted by atomic mass is 10.0. The molecule has 3 heterocycles. The van der Waals surface area contributed by atoms with Crippen LogP contribution in [-0.2, 0) is 0 Å². The highest BCUT2D eigenvalue weighted by Crippen LogP contribution is 2.39. The maximum atomic E-state index is 12.7. The van der Waals surface area contributed by atoms with Crippen molar-refractivity contribution < 1.29 is 13.9 Å². The van der Waals surface area contributed by atoms with Crippen LogP contribution in [-0.4, -0.2) is 21.3 Å². The normalized spacial score (nSPS) is 13.2. The number of oxazole rings is 1. The topological polar surface area (TPSA) is 79.4 Å². The van der Waals surface area contributed by atoms with Crippen molar-refractivity contribution in [3.05, 3.63) is 47.2 Å². The van der Waals surface area contributed by atoms with E-state index in [4.69, 9.17) is 13.9 Å². The first-order valence-electron chi connectivity index (χ1n) is 8.31. The van der Waals surface area contributed by atoms with Gasteiger partial charge in [0.2, 0.25) is 6.79 Å². The minimum Gasteiger partial charge on any atom is -0.454 e. The molecule has 0 aliphatic carbocycles. The summed E-state index contributed by atoms with van der Waals surface area (Å²) in [6.07, 6.45) is 1.40. The summed E-state index contributed by atoms with van der Waals surface area (Å²) in [4.78, 5) is 21.3. The van der Waals surface area contributed by atoms with Crippen molar-refractivity contribution in [1.82, 2.24) is 14.5 Å². The molecule has 5 rings (SSSR count). The van der Waals surface area contributed by atoms with Gasteiger partial charge in [0.25, 0.3) is 0 Å². The Morgan fingerprint density at radius 3 is 2.73 bits per heavy atom. The van der Waals surface area contributed by atoms with E-state index in [9.17, 15) is 4.79 Å². The Labute approximate surface area is 147 Å². The fourth-order valence-corrected chi connectivity index (χ4v) is 3.36. The predicted molar refractivity (Wildman–Crippen MR) is 95.5 cm³/mol. The molecule has 0 N–H and O–H groups in total. The van der Waals surface area contributed by atoms with Gasteiger partial charge < -0.3 is 13.9 Å². The van der Waals surface area contributed by atoms with E-state index < -0.39 is 0 Å². The largest absolute Gasteiger partial charge is 0.454 e. The Bertz CT molecular complexity index is 1220. The molecular weight excluding hydrogens is 334 g/mol. The summed E-state index contributed by atoms with van der Waals surface area (Å²) in [7, 11) is 0. The molecule has 4 aromatic rings. The molecule has 26 heavy (non-hydrogen) atoms. The van der Waals surface area contributed by atoms with E-state index in [-0.39, 0.29) is 18.5 Å². The van der Waals surface area contributed by atoms with Crippen LogP contribution in [0.5, 0.6) is 11.5 Å². The number of ether oxygens (including phenoxy) is 2. The molecular formula is C19H15N3O4. The SMILES string of the molecule is CC(C)n1c(=O)nc(-c2ccc3ocnc3c2)c2cc3c(cc21)OCO3. The van der Waals surface area contributed by atoms with Crippen LogP contribution in [0.1, 0.15) is 19.9 Å². The maximum absolute atomic E-state index is 12.7. The molecule has 130 valence electrons. The lowest BCUT2D eigenvalue weighted by molar-refractivity contribution is 0.174. The summed E-state index contributed by atoms with van der Waals surface area (Å²) < 4.78 is 18.0. The molecule has 0 unspecified atom stereocenters. The highest BCUT2D eigenvalue weighted by molar-refractivity contribution is 5.96. The van der Waals surface area contributed by atoms with Gasteiger partial charge in [-0.05, 0) is 38.1 Å².